The van der Waals surface area contributed by atoms with Crippen molar-refractivity contribution < 1.29 is 23.8 Å². The van der Waals surface area contributed by atoms with Crippen LogP contribution in [0.3, 0.4) is 0 Å². The number of hydrogen-bond donors (Lipinski definition) is 0. The molecule has 0 aliphatic carbocycles. The summed E-state index contributed by atoms with van der Waals surface area (Å²) >= 11 is 0. The molecule has 0 fully saturated rings. The van der Waals surface area contributed by atoms with Crippen molar-refractivity contribution >= 4 is 11.8 Å². The molecule has 26 heavy (non-hydrogen) atoms. The molecule has 138 valence electrons. The number of aryl methyl sites for hydroxylation is 1. The summed E-state index contributed by atoms with van der Waals surface area (Å²) in [6, 6.07) is 7.67. The van der Waals surface area contributed by atoms with Crippen LogP contribution in [0.2, 0.25) is 0 Å². The van der Waals surface area contributed by atoms with E-state index in [4.69, 9.17) is 14.2 Å². The van der Waals surface area contributed by atoms with E-state index < -0.39 is 0 Å². The van der Waals surface area contributed by atoms with Crippen molar-refractivity contribution in [2.75, 3.05) is 13.4 Å². The summed E-state index contributed by atoms with van der Waals surface area (Å²) in [4.78, 5) is 24.0. The first-order chi connectivity index (χ1) is 12.4. The van der Waals surface area contributed by atoms with E-state index in [1.54, 1.807) is 13.8 Å². The van der Waals surface area contributed by atoms with Gasteiger partial charge in [0.1, 0.15) is 0 Å². The summed E-state index contributed by atoms with van der Waals surface area (Å²) in [7, 11) is 0. The Balaban J connectivity index is 1.75. The van der Waals surface area contributed by atoms with E-state index in [-0.39, 0.29) is 31.1 Å². The van der Waals surface area contributed by atoms with E-state index in [0.29, 0.717) is 12.1 Å². The van der Waals surface area contributed by atoms with E-state index in [0.717, 1.165) is 28.5 Å². The van der Waals surface area contributed by atoms with Gasteiger partial charge in [0, 0.05) is 23.5 Å². The molecule has 0 spiro atoms. The molecule has 0 N–H and O–H groups in total. The first-order valence-electron chi connectivity index (χ1n) is 8.62. The molecular formula is C20H23NO5. The van der Waals surface area contributed by atoms with Crippen molar-refractivity contribution in [2.45, 2.75) is 34.2 Å². The van der Waals surface area contributed by atoms with E-state index in [9.17, 15) is 9.59 Å². The Hall–Kier alpha value is -2.76. The van der Waals surface area contributed by atoms with Crippen LogP contribution in [0.5, 0.6) is 11.5 Å². The van der Waals surface area contributed by atoms with E-state index >= 15 is 0 Å². The molecule has 1 aromatic heterocycles. The second-order valence-electron chi connectivity index (χ2n) is 6.74. The minimum absolute atomic E-state index is 0.191. The Bertz CT molecular complexity index is 850. The number of ether oxygens (including phenoxy) is 3. The topological polar surface area (TPSA) is 66.8 Å². The first kappa shape index (κ1) is 18.0. The fourth-order valence-corrected chi connectivity index (χ4v) is 2.93. The summed E-state index contributed by atoms with van der Waals surface area (Å²) < 4.78 is 17.9. The number of carbonyl (C=O) groups is 2. The van der Waals surface area contributed by atoms with E-state index in [1.807, 2.05) is 38.1 Å². The number of ketones is 1. The normalized spacial score (nSPS) is 12.5. The summed E-state index contributed by atoms with van der Waals surface area (Å²) in [6.07, 6.45) is 0. The summed E-state index contributed by atoms with van der Waals surface area (Å²) in [6.45, 7) is 7.97. The molecule has 1 aromatic carbocycles. The van der Waals surface area contributed by atoms with Gasteiger partial charge >= 0.3 is 5.97 Å². The van der Waals surface area contributed by atoms with Gasteiger partial charge < -0.3 is 18.8 Å². The van der Waals surface area contributed by atoms with Crippen LogP contribution >= 0.6 is 0 Å². The Kier molecular flexibility index (Phi) is 5.02. The molecule has 0 unspecified atom stereocenters. The molecule has 0 saturated carbocycles. The van der Waals surface area contributed by atoms with Crippen LogP contribution in [0, 0.1) is 19.8 Å². The van der Waals surface area contributed by atoms with Crippen molar-refractivity contribution in [3.05, 3.63) is 46.8 Å². The lowest BCUT2D eigenvalue weighted by Gasteiger charge is -2.11. The van der Waals surface area contributed by atoms with Crippen molar-refractivity contribution in [2.24, 2.45) is 5.92 Å². The van der Waals surface area contributed by atoms with Gasteiger partial charge in [0.05, 0.1) is 5.92 Å². The third kappa shape index (κ3) is 3.59. The molecule has 1 aliphatic rings. The van der Waals surface area contributed by atoms with E-state index in [2.05, 4.69) is 4.57 Å². The summed E-state index contributed by atoms with van der Waals surface area (Å²) in [5.74, 6) is 0.678. The van der Waals surface area contributed by atoms with E-state index in [1.165, 1.54) is 0 Å². The molecule has 0 saturated heterocycles. The van der Waals surface area contributed by atoms with Crippen LogP contribution < -0.4 is 9.47 Å². The standard InChI is InChI=1S/C20H23NO5/c1-12(2)20(23)24-10-17(22)16-7-13(3)21(14(16)4)9-15-5-6-18-19(8-15)26-11-25-18/h5-8,12H,9-11H2,1-4H3. The summed E-state index contributed by atoms with van der Waals surface area (Å²) in [5.41, 5.74) is 3.46. The Morgan fingerprint density at radius 1 is 1.15 bits per heavy atom. The van der Waals surface area contributed by atoms with Gasteiger partial charge in [-0.15, -0.1) is 0 Å². The van der Waals surface area contributed by atoms with Crippen LogP contribution in [0.25, 0.3) is 0 Å². The lowest BCUT2D eigenvalue weighted by atomic mass is 10.1. The Morgan fingerprint density at radius 3 is 2.62 bits per heavy atom. The number of aromatic nitrogens is 1. The van der Waals surface area contributed by atoms with Crippen molar-refractivity contribution in [1.29, 1.82) is 0 Å². The van der Waals surface area contributed by atoms with Crippen LogP contribution in [-0.2, 0) is 16.1 Å². The van der Waals surface area contributed by atoms with Gasteiger partial charge in [-0.25, -0.2) is 0 Å². The Morgan fingerprint density at radius 2 is 1.88 bits per heavy atom. The minimum atomic E-state index is -0.368. The van der Waals surface area contributed by atoms with Gasteiger partial charge in [0.25, 0.3) is 0 Å². The highest BCUT2D eigenvalue weighted by Gasteiger charge is 2.19. The molecular weight excluding hydrogens is 334 g/mol. The van der Waals surface area contributed by atoms with Gasteiger partial charge in [-0.3, -0.25) is 9.59 Å². The second kappa shape index (κ2) is 7.23. The number of esters is 1. The fraction of sp³-hybridized carbons (Fsp3) is 0.400. The van der Waals surface area contributed by atoms with Gasteiger partial charge in [-0.1, -0.05) is 19.9 Å². The van der Waals surface area contributed by atoms with Gasteiger partial charge in [-0.05, 0) is 37.6 Å². The molecule has 2 heterocycles. The lowest BCUT2D eigenvalue weighted by Crippen LogP contribution is -2.18. The average Bonchev–Trinajstić information content (AvgIpc) is 3.18. The smallest absolute Gasteiger partial charge is 0.308 e. The van der Waals surface area contributed by atoms with Gasteiger partial charge in [0.15, 0.2) is 18.1 Å². The summed E-state index contributed by atoms with van der Waals surface area (Å²) in [5, 5.41) is 0. The quantitative estimate of drug-likeness (QED) is 0.586. The second-order valence-corrected chi connectivity index (χ2v) is 6.74. The average molecular weight is 357 g/mol. The zero-order valence-electron chi connectivity index (χ0n) is 15.5. The molecule has 6 heteroatoms. The van der Waals surface area contributed by atoms with Crippen molar-refractivity contribution in [3.63, 3.8) is 0 Å². The molecule has 2 aromatic rings. The zero-order chi connectivity index (χ0) is 18.8. The maximum Gasteiger partial charge on any atom is 0.308 e. The number of benzene rings is 1. The van der Waals surface area contributed by atoms with Gasteiger partial charge in [0.2, 0.25) is 12.6 Å². The predicted molar refractivity (Wildman–Crippen MR) is 95.7 cm³/mol. The molecule has 3 rings (SSSR count). The number of Topliss-reactive ketones (excluding diaryl/α,β-unsaturated/α-hetero) is 1. The number of rotatable bonds is 6. The monoisotopic (exact) mass is 357 g/mol. The highest BCUT2D eigenvalue weighted by atomic mass is 16.7. The SMILES string of the molecule is Cc1cc(C(=O)COC(=O)C(C)C)c(C)n1Cc1ccc2c(c1)OCO2. The van der Waals surface area contributed by atoms with Crippen LogP contribution in [0.15, 0.2) is 24.3 Å². The number of nitrogens with zero attached hydrogens (tertiary/aromatic N) is 1. The molecule has 6 nitrogen and oxygen atoms in total. The lowest BCUT2D eigenvalue weighted by molar-refractivity contribution is -0.146. The van der Waals surface area contributed by atoms with Gasteiger partial charge in [-0.2, -0.15) is 0 Å². The maximum atomic E-state index is 12.4. The number of hydrogen-bond acceptors (Lipinski definition) is 5. The zero-order valence-corrected chi connectivity index (χ0v) is 15.5. The highest BCUT2D eigenvalue weighted by molar-refractivity contribution is 5.99. The van der Waals surface area contributed by atoms with Crippen molar-refractivity contribution in [3.8, 4) is 11.5 Å². The first-order valence-corrected chi connectivity index (χ1v) is 8.62. The maximum absolute atomic E-state index is 12.4. The minimum Gasteiger partial charge on any atom is -0.457 e. The molecule has 0 atom stereocenters. The molecule has 1 aliphatic heterocycles. The number of carbonyl (C=O) groups excluding carboxylic acids is 2. The Labute approximate surface area is 152 Å². The molecule has 0 radical (unpaired) electrons. The largest absolute Gasteiger partial charge is 0.457 e. The third-order valence-electron chi connectivity index (χ3n) is 4.47. The van der Waals surface area contributed by atoms with Crippen LogP contribution in [0.4, 0.5) is 0 Å². The molecule has 0 amide bonds. The van der Waals surface area contributed by atoms with Crippen LogP contribution in [0.1, 0.15) is 41.2 Å². The fourth-order valence-electron chi connectivity index (χ4n) is 2.93. The van der Waals surface area contributed by atoms with Crippen LogP contribution in [-0.4, -0.2) is 29.7 Å². The predicted octanol–water partition coefficient (Wildman–Crippen LogP) is 3.26. The van der Waals surface area contributed by atoms with Crippen molar-refractivity contribution in [1.82, 2.24) is 4.57 Å². The molecule has 0 bridgehead atoms. The highest BCUT2D eigenvalue weighted by Crippen LogP contribution is 2.33. The number of fused-ring (bicyclic) bond motifs is 1. The third-order valence-corrected chi connectivity index (χ3v) is 4.47.